The zero-order valence-electron chi connectivity index (χ0n) is 15.2. The third-order valence-corrected chi connectivity index (χ3v) is 5.24. The molecule has 24 heavy (non-hydrogen) atoms. The van der Waals surface area contributed by atoms with Crippen LogP contribution in [0.4, 0.5) is 0 Å². The van der Waals surface area contributed by atoms with Gasteiger partial charge in [0.25, 0.3) is 0 Å². The van der Waals surface area contributed by atoms with Gasteiger partial charge in [0.1, 0.15) is 11.9 Å². The third kappa shape index (κ3) is 2.99. The summed E-state index contributed by atoms with van der Waals surface area (Å²) in [4.78, 5) is 19.5. The number of aryl methyl sites for hydroxylation is 3. The van der Waals surface area contributed by atoms with E-state index in [9.17, 15) is 4.79 Å². The second-order valence-corrected chi connectivity index (χ2v) is 6.85. The molecule has 5 heteroatoms. The summed E-state index contributed by atoms with van der Waals surface area (Å²) in [5.41, 5.74) is 2.29. The molecule has 3 rings (SSSR count). The van der Waals surface area contributed by atoms with Crippen molar-refractivity contribution >= 4 is 5.91 Å². The maximum absolute atomic E-state index is 13.1. The highest BCUT2D eigenvalue weighted by atomic mass is 16.2. The molecular formula is C19H28N4O. The molecule has 1 saturated heterocycles. The Morgan fingerprint density at radius 3 is 2.71 bits per heavy atom. The molecule has 0 bridgehead atoms. The molecule has 2 aromatic heterocycles. The maximum Gasteiger partial charge on any atom is 0.245 e. The van der Waals surface area contributed by atoms with Gasteiger partial charge in [0.15, 0.2) is 0 Å². The fraction of sp³-hybridized carbons (Fsp3) is 0.579. The molecule has 0 saturated carbocycles. The van der Waals surface area contributed by atoms with Gasteiger partial charge in [-0.2, -0.15) is 0 Å². The number of likely N-dealkylation sites (tertiary alicyclic amines) is 1. The lowest BCUT2D eigenvalue weighted by Crippen LogP contribution is -2.44. The molecule has 1 amide bonds. The predicted molar refractivity (Wildman–Crippen MR) is 95.1 cm³/mol. The van der Waals surface area contributed by atoms with E-state index in [-0.39, 0.29) is 11.9 Å². The van der Waals surface area contributed by atoms with Gasteiger partial charge in [-0.05, 0) is 45.7 Å². The molecule has 0 radical (unpaired) electrons. The van der Waals surface area contributed by atoms with Crippen molar-refractivity contribution in [3.05, 3.63) is 41.7 Å². The number of imidazole rings is 1. The van der Waals surface area contributed by atoms with E-state index in [1.165, 1.54) is 0 Å². The number of rotatable bonds is 4. The summed E-state index contributed by atoms with van der Waals surface area (Å²) in [5.74, 6) is 1.33. The van der Waals surface area contributed by atoms with Crippen molar-refractivity contribution in [2.45, 2.75) is 59.0 Å². The number of hydrogen-bond donors (Lipinski definition) is 0. The highest BCUT2D eigenvalue weighted by Crippen LogP contribution is 2.26. The molecule has 0 aromatic carbocycles. The lowest BCUT2D eigenvalue weighted by atomic mass is 10.0. The predicted octanol–water partition coefficient (Wildman–Crippen LogP) is 3.29. The molecule has 1 aliphatic heterocycles. The quantitative estimate of drug-likeness (QED) is 0.864. The first-order chi connectivity index (χ1) is 11.5. The molecule has 1 aliphatic rings. The van der Waals surface area contributed by atoms with Crippen LogP contribution in [0.1, 0.15) is 56.0 Å². The van der Waals surface area contributed by atoms with E-state index in [4.69, 9.17) is 0 Å². The van der Waals surface area contributed by atoms with Gasteiger partial charge < -0.3 is 14.0 Å². The molecule has 130 valence electrons. The normalized spacial score (nSPS) is 19.5. The van der Waals surface area contributed by atoms with Gasteiger partial charge in [-0.3, -0.25) is 4.79 Å². The summed E-state index contributed by atoms with van der Waals surface area (Å²) in [7, 11) is 0. The van der Waals surface area contributed by atoms with Crippen molar-refractivity contribution < 1.29 is 4.79 Å². The lowest BCUT2D eigenvalue weighted by molar-refractivity contribution is -0.136. The summed E-state index contributed by atoms with van der Waals surface area (Å²) in [6.07, 6.45) is 7.02. The Morgan fingerprint density at radius 2 is 2.04 bits per heavy atom. The van der Waals surface area contributed by atoms with Crippen molar-refractivity contribution in [1.82, 2.24) is 19.0 Å². The zero-order chi connectivity index (χ0) is 17.3. The Hall–Kier alpha value is -2.04. The summed E-state index contributed by atoms with van der Waals surface area (Å²) in [6.45, 7) is 9.91. The number of amides is 1. The zero-order valence-corrected chi connectivity index (χ0v) is 15.2. The van der Waals surface area contributed by atoms with Gasteiger partial charge in [0, 0.05) is 43.3 Å². The minimum Gasteiger partial charge on any atom is -0.339 e. The second-order valence-electron chi connectivity index (χ2n) is 6.85. The number of hydrogen-bond acceptors (Lipinski definition) is 2. The molecule has 1 fully saturated rings. The van der Waals surface area contributed by atoms with Crippen LogP contribution in [0.3, 0.4) is 0 Å². The van der Waals surface area contributed by atoms with Gasteiger partial charge >= 0.3 is 0 Å². The van der Waals surface area contributed by atoms with Crippen LogP contribution in [0, 0.1) is 13.8 Å². The Balaban J connectivity index is 1.76. The van der Waals surface area contributed by atoms with Crippen molar-refractivity contribution in [2.75, 3.05) is 13.1 Å². The van der Waals surface area contributed by atoms with Crippen molar-refractivity contribution in [2.24, 2.45) is 0 Å². The molecule has 2 aromatic rings. The van der Waals surface area contributed by atoms with Gasteiger partial charge in [-0.1, -0.05) is 6.92 Å². The first kappa shape index (κ1) is 16.8. The van der Waals surface area contributed by atoms with Crippen LogP contribution in [0.15, 0.2) is 24.5 Å². The highest BCUT2D eigenvalue weighted by molar-refractivity contribution is 5.80. The number of piperidine rings is 1. The van der Waals surface area contributed by atoms with Crippen LogP contribution in [-0.2, 0) is 11.2 Å². The Morgan fingerprint density at radius 1 is 1.33 bits per heavy atom. The largest absolute Gasteiger partial charge is 0.339 e. The minimum atomic E-state index is -0.146. The topological polar surface area (TPSA) is 43.1 Å². The van der Waals surface area contributed by atoms with Crippen molar-refractivity contribution in [3.63, 3.8) is 0 Å². The summed E-state index contributed by atoms with van der Waals surface area (Å²) in [6, 6.07) is 4.36. The molecular weight excluding hydrogens is 300 g/mol. The monoisotopic (exact) mass is 328 g/mol. The van der Waals surface area contributed by atoms with E-state index in [1.807, 2.05) is 18.0 Å². The molecule has 0 unspecified atom stereocenters. The van der Waals surface area contributed by atoms with Gasteiger partial charge in [-0.15, -0.1) is 0 Å². The fourth-order valence-corrected chi connectivity index (χ4v) is 4.00. The van der Waals surface area contributed by atoms with Crippen LogP contribution in [0.25, 0.3) is 0 Å². The first-order valence-corrected chi connectivity index (χ1v) is 8.97. The average Bonchev–Trinajstić information content (AvgIpc) is 3.20. The van der Waals surface area contributed by atoms with E-state index in [2.05, 4.69) is 53.2 Å². The smallest absolute Gasteiger partial charge is 0.245 e. The average molecular weight is 328 g/mol. The van der Waals surface area contributed by atoms with Crippen molar-refractivity contribution in [1.29, 1.82) is 0 Å². The van der Waals surface area contributed by atoms with Gasteiger partial charge in [0.2, 0.25) is 5.91 Å². The molecule has 0 spiro atoms. The number of aromatic nitrogens is 3. The summed E-state index contributed by atoms with van der Waals surface area (Å²) >= 11 is 0. The number of carbonyl (C=O) groups excluding carboxylic acids is 1. The number of nitrogens with zero attached hydrogens (tertiary/aromatic N) is 4. The standard InChI is InChI=1S/C19H28N4O/c1-5-18-20-10-12-22(18)17-7-6-11-21(13-17)19(24)16(4)23-14(2)8-9-15(23)3/h8-10,12,16-17H,5-7,11,13H2,1-4H3/t16-,17-/m0/s1. The van der Waals surface area contributed by atoms with Crippen LogP contribution >= 0.6 is 0 Å². The van der Waals surface area contributed by atoms with E-state index in [0.29, 0.717) is 6.04 Å². The Kier molecular flexibility index (Phi) is 4.78. The van der Waals surface area contributed by atoms with Gasteiger partial charge in [-0.25, -0.2) is 4.98 Å². The third-order valence-electron chi connectivity index (χ3n) is 5.24. The van der Waals surface area contributed by atoms with Crippen LogP contribution in [-0.4, -0.2) is 38.0 Å². The molecule has 0 aliphatic carbocycles. The van der Waals surface area contributed by atoms with Gasteiger partial charge in [0.05, 0.1) is 6.04 Å². The highest BCUT2D eigenvalue weighted by Gasteiger charge is 2.29. The summed E-state index contributed by atoms with van der Waals surface area (Å²) in [5, 5.41) is 0. The second kappa shape index (κ2) is 6.83. The van der Waals surface area contributed by atoms with E-state index in [0.717, 1.165) is 49.6 Å². The fourth-order valence-electron chi connectivity index (χ4n) is 4.00. The van der Waals surface area contributed by atoms with Crippen LogP contribution in [0.2, 0.25) is 0 Å². The van der Waals surface area contributed by atoms with E-state index < -0.39 is 0 Å². The SMILES string of the molecule is CCc1nccn1[C@H]1CCCN(C(=O)[C@H](C)n2c(C)ccc2C)C1. The van der Waals surface area contributed by atoms with E-state index >= 15 is 0 Å². The van der Waals surface area contributed by atoms with E-state index in [1.54, 1.807) is 0 Å². The molecule has 3 heterocycles. The molecule has 2 atom stereocenters. The first-order valence-electron chi connectivity index (χ1n) is 8.97. The number of carbonyl (C=O) groups is 1. The minimum absolute atomic E-state index is 0.146. The molecule has 5 nitrogen and oxygen atoms in total. The Bertz CT molecular complexity index is 695. The maximum atomic E-state index is 13.1. The van der Waals surface area contributed by atoms with Crippen LogP contribution in [0.5, 0.6) is 0 Å². The van der Waals surface area contributed by atoms with Crippen LogP contribution < -0.4 is 0 Å². The summed E-state index contributed by atoms with van der Waals surface area (Å²) < 4.78 is 4.40. The molecule has 0 N–H and O–H groups in total. The Labute approximate surface area is 144 Å². The lowest BCUT2D eigenvalue weighted by Gasteiger charge is -2.36. The van der Waals surface area contributed by atoms with Crippen molar-refractivity contribution in [3.8, 4) is 0 Å².